The maximum atomic E-state index is 10.9. The van der Waals surface area contributed by atoms with Gasteiger partial charge in [-0.3, -0.25) is 4.84 Å². The Morgan fingerprint density at radius 1 is 1.53 bits per heavy atom. The fraction of sp³-hybridized carbons (Fsp3) is 0.636. The summed E-state index contributed by atoms with van der Waals surface area (Å²) in [6, 6.07) is 0. The van der Waals surface area contributed by atoms with Crippen LogP contribution < -0.4 is 5.32 Å². The van der Waals surface area contributed by atoms with Gasteiger partial charge in [-0.25, -0.2) is 4.79 Å². The van der Waals surface area contributed by atoms with Crippen LogP contribution in [-0.2, 0) is 4.84 Å². The van der Waals surface area contributed by atoms with Crippen molar-refractivity contribution < 1.29 is 9.63 Å². The van der Waals surface area contributed by atoms with Gasteiger partial charge in [0.25, 0.3) is 0 Å². The smallest absolute Gasteiger partial charge is 0.323 e. The predicted octanol–water partition coefficient (Wildman–Crippen LogP) is 2.76. The number of oxime groups is 1. The molecule has 0 spiro atoms. The molecule has 96 valence electrons. The first-order valence-electron chi connectivity index (χ1n) is 5.03. The normalized spacial score (nSPS) is 11.8. The van der Waals surface area contributed by atoms with E-state index in [2.05, 4.69) is 15.7 Å². The van der Waals surface area contributed by atoms with Crippen LogP contribution in [0.5, 0.6) is 0 Å². The molecule has 0 heterocycles. The lowest BCUT2D eigenvalue weighted by Gasteiger charge is -2.20. The van der Waals surface area contributed by atoms with E-state index in [1.54, 1.807) is 11.8 Å². The summed E-state index contributed by atoms with van der Waals surface area (Å²) in [7, 11) is 1.49. The molecule has 0 aromatic heterocycles. The second kappa shape index (κ2) is 8.31. The van der Waals surface area contributed by atoms with Crippen molar-refractivity contribution in [1.29, 1.82) is 0 Å². The monoisotopic (exact) mass is 274 g/mol. The van der Waals surface area contributed by atoms with Gasteiger partial charge in [0.05, 0.1) is 10.8 Å². The van der Waals surface area contributed by atoms with Crippen molar-refractivity contribution >= 4 is 35.3 Å². The molecular weight excluding hydrogens is 256 g/mol. The molecule has 0 atom stereocenters. The number of nitrogens with zero attached hydrogens (tertiary/aromatic N) is 1. The molecule has 6 heteroatoms. The molecule has 0 saturated carbocycles. The number of thioether (sulfide) groups is 2. The third kappa shape index (κ3) is 8.00. The van der Waals surface area contributed by atoms with E-state index in [4.69, 9.17) is 11.3 Å². The van der Waals surface area contributed by atoms with Crippen LogP contribution in [0.15, 0.2) is 5.16 Å². The Bertz CT molecular complexity index is 316. The fourth-order valence-electron chi connectivity index (χ4n) is 0.736. The second-order valence-electron chi connectivity index (χ2n) is 4.15. The third-order valence-corrected chi connectivity index (χ3v) is 3.56. The van der Waals surface area contributed by atoms with Gasteiger partial charge in [-0.05, 0) is 5.25 Å². The Hall–Kier alpha value is -0.800. The summed E-state index contributed by atoms with van der Waals surface area (Å²) in [5, 5.41) is 9.53. The molecule has 17 heavy (non-hydrogen) atoms. The molecule has 0 unspecified atom stereocenters. The van der Waals surface area contributed by atoms with Crippen molar-refractivity contribution in [3.63, 3.8) is 0 Å². The first-order valence-corrected chi connectivity index (χ1v) is 7.17. The highest BCUT2D eigenvalue weighted by Crippen LogP contribution is 2.21. The number of carbonyl (C=O) groups excluding carboxylic acids is 1. The first-order chi connectivity index (χ1) is 7.91. The summed E-state index contributed by atoms with van der Waals surface area (Å²) in [4.78, 5) is 15.7. The number of rotatable bonds is 5. The van der Waals surface area contributed by atoms with Crippen molar-refractivity contribution in [3.05, 3.63) is 0 Å². The number of amides is 1. The third-order valence-electron chi connectivity index (χ3n) is 1.77. The van der Waals surface area contributed by atoms with Gasteiger partial charge in [-0.1, -0.05) is 37.7 Å². The zero-order valence-corrected chi connectivity index (χ0v) is 12.2. The molecule has 1 amide bonds. The van der Waals surface area contributed by atoms with Crippen molar-refractivity contribution in [2.45, 2.75) is 20.8 Å². The van der Waals surface area contributed by atoms with Crippen LogP contribution in [0.25, 0.3) is 0 Å². The van der Waals surface area contributed by atoms with Gasteiger partial charge >= 0.3 is 6.09 Å². The van der Waals surface area contributed by atoms with Gasteiger partial charge in [0, 0.05) is 18.2 Å². The van der Waals surface area contributed by atoms with E-state index >= 15 is 0 Å². The molecule has 0 aliphatic carbocycles. The number of carbonyl (C=O) groups is 1. The van der Waals surface area contributed by atoms with Crippen LogP contribution in [0.3, 0.4) is 0 Å². The Morgan fingerprint density at radius 3 is 2.65 bits per heavy atom. The molecule has 0 aliphatic heterocycles. The SMILES string of the molecule is C#CSCSCC(=NOC(=O)NC)C(C)(C)C. The van der Waals surface area contributed by atoms with Crippen LogP contribution in [0.1, 0.15) is 20.8 Å². The quantitative estimate of drug-likeness (QED) is 0.209. The summed E-state index contributed by atoms with van der Waals surface area (Å²) >= 11 is 3.06. The molecule has 4 nitrogen and oxygen atoms in total. The summed E-state index contributed by atoms with van der Waals surface area (Å²) in [5.74, 6) is 0.690. The average molecular weight is 274 g/mol. The van der Waals surface area contributed by atoms with Crippen LogP contribution in [0, 0.1) is 17.1 Å². The number of hydrogen-bond donors (Lipinski definition) is 1. The van der Waals surface area contributed by atoms with E-state index in [1.807, 2.05) is 20.8 Å². The van der Waals surface area contributed by atoms with Crippen molar-refractivity contribution in [1.82, 2.24) is 5.32 Å². The van der Waals surface area contributed by atoms with Gasteiger partial charge in [-0.2, -0.15) is 0 Å². The molecule has 1 N–H and O–H groups in total. The predicted molar refractivity (Wildman–Crippen MR) is 76.2 cm³/mol. The summed E-state index contributed by atoms with van der Waals surface area (Å²) in [5.41, 5.74) is 0.686. The number of hydrogen-bond acceptors (Lipinski definition) is 5. The Balaban J connectivity index is 4.35. The highest BCUT2D eigenvalue weighted by atomic mass is 32.2. The van der Waals surface area contributed by atoms with E-state index < -0.39 is 6.09 Å². The zero-order chi connectivity index (χ0) is 13.3. The van der Waals surface area contributed by atoms with E-state index in [0.717, 1.165) is 10.8 Å². The molecule has 0 aliphatic rings. The second-order valence-corrected chi connectivity index (χ2v) is 6.31. The maximum Gasteiger partial charge on any atom is 0.433 e. The van der Waals surface area contributed by atoms with Crippen LogP contribution in [0.2, 0.25) is 0 Å². The van der Waals surface area contributed by atoms with E-state index in [1.165, 1.54) is 18.8 Å². The summed E-state index contributed by atoms with van der Waals surface area (Å²) in [6.07, 6.45) is 4.58. The highest BCUT2D eigenvalue weighted by molar-refractivity contribution is 8.18. The zero-order valence-electron chi connectivity index (χ0n) is 10.6. The van der Waals surface area contributed by atoms with Crippen molar-refractivity contribution in [2.24, 2.45) is 10.6 Å². The molecule has 0 fully saturated rings. The van der Waals surface area contributed by atoms with Gasteiger partial charge in [0.2, 0.25) is 0 Å². The Morgan fingerprint density at radius 2 is 2.18 bits per heavy atom. The maximum absolute atomic E-state index is 10.9. The molecule has 0 saturated heterocycles. The molecular formula is C11H18N2O2S2. The Labute approximate surface area is 111 Å². The first kappa shape index (κ1) is 16.2. The van der Waals surface area contributed by atoms with Crippen LogP contribution in [-0.4, -0.2) is 29.7 Å². The fourth-order valence-corrected chi connectivity index (χ4v) is 2.35. The molecule has 0 radical (unpaired) electrons. The van der Waals surface area contributed by atoms with E-state index in [0.29, 0.717) is 5.75 Å². The largest absolute Gasteiger partial charge is 0.433 e. The minimum atomic E-state index is -0.560. The molecule has 0 aromatic carbocycles. The minimum Gasteiger partial charge on any atom is -0.323 e. The van der Waals surface area contributed by atoms with Gasteiger partial charge < -0.3 is 5.32 Å². The van der Waals surface area contributed by atoms with Gasteiger partial charge in [0.1, 0.15) is 0 Å². The standard InChI is InChI=1S/C11H18N2O2S2/c1-6-16-8-17-7-9(11(2,3)4)13-15-10(14)12-5/h1H,7-8H2,2-5H3,(H,12,14). The molecule has 0 aromatic rings. The lowest BCUT2D eigenvalue weighted by Crippen LogP contribution is -2.25. The molecule has 0 bridgehead atoms. The minimum absolute atomic E-state index is 0.137. The highest BCUT2D eigenvalue weighted by Gasteiger charge is 2.20. The van der Waals surface area contributed by atoms with E-state index in [9.17, 15) is 4.79 Å². The number of terminal acetylenes is 1. The average Bonchev–Trinajstić information content (AvgIpc) is 2.25. The van der Waals surface area contributed by atoms with Crippen LogP contribution >= 0.6 is 23.5 Å². The molecule has 0 rings (SSSR count). The lowest BCUT2D eigenvalue weighted by atomic mass is 9.91. The van der Waals surface area contributed by atoms with Crippen molar-refractivity contribution in [2.75, 3.05) is 17.9 Å². The summed E-state index contributed by atoms with van der Waals surface area (Å²) < 4.78 is 0. The topological polar surface area (TPSA) is 50.7 Å². The van der Waals surface area contributed by atoms with Gasteiger partial charge in [0.15, 0.2) is 0 Å². The van der Waals surface area contributed by atoms with Crippen LogP contribution in [0.4, 0.5) is 4.79 Å². The summed E-state index contributed by atoms with van der Waals surface area (Å²) in [6.45, 7) is 6.07. The number of nitrogens with one attached hydrogen (secondary N) is 1. The lowest BCUT2D eigenvalue weighted by molar-refractivity contribution is 0.152. The Kier molecular flexibility index (Phi) is 7.92. The van der Waals surface area contributed by atoms with E-state index in [-0.39, 0.29) is 5.41 Å². The van der Waals surface area contributed by atoms with Crippen molar-refractivity contribution in [3.8, 4) is 11.7 Å². The van der Waals surface area contributed by atoms with Gasteiger partial charge in [-0.15, -0.1) is 18.2 Å².